The summed E-state index contributed by atoms with van der Waals surface area (Å²) >= 11 is 0. The molecule has 25 heavy (non-hydrogen) atoms. The lowest BCUT2D eigenvalue weighted by molar-refractivity contribution is -0.136. The molecule has 0 saturated heterocycles. The molecule has 0 spiro atoms. The van der Waals surface area contributed by atoms with Crippen molar-refractivity contribution < 1.29 is 24.2 Å². The fourth-order valence-electron chi connectivity index (χ4n) is 2.40. The fraction of sp³-hybridized carbons (Fsp3) is 0.200. The highest BCUT2D eigenvalue weighted by atomic mass is 16.5. The second kappa shape index (κ2) is 8.68. The number of ketones is 1. The van der Waals surface area contributed by atoms with Crippen LogP contribution in [0, 0.1) is 0 Å². The summed E-state index contributed by atoms with van der Waals surface area (Å²) in [6.45, 7) is 2.43. The number of methoxy groups -OCH3 is 1. The standard InChI is InChI=1S/C20H20O5/c1-3-25-19-7-5-4-6-14(19)8-10-17(21)15-9-11-18(24-2)16(12-15)13-20(22)23/h4-12H,3,13H2,1-2H3,(H,22,23)/b10-8+. The van der Waals surface area contributed by atoms with Crippen molar-refractivity contribution in [1.82, 2.24) is 0 Å². The van der Waals surface area contributed by atoms with Crippen molar-refractivity contribution in [3.63, 3.8) is 0 Å². The molecule has 5 heteroatoms. The van der Waals surface area contributed by atoms with Gasteiger partial charge < -0.3 is 14.6 Å². The number of benzene rings is 2. The van der Waals surface area contributed by atoms with Crippen molar-refractivity contribution in [3.05, 3.63) is 65.2 Å². The topological polar surface area (TPSA) is 72.8 Å². The van der Waals surface area contributed by atoms with E-state index in [4.69, 9.17) is 14.6 Å². The monoisotopic (exact) mass is 340 g/mol. The molecule has 5 nitrogen and oxygen atoms in total. The highest BCUT2D eigenvalue weighted by molar-refractivity contribution is 6.07. The lowest BCUT2D eigenvalue weighted by Gasteiger charge is -2.08. The molecule has 0 atom stereocenters. The quantitative estimate of drug-likeness (QED) is 0.587. The Morgan fingerprint density at radius 3 is 2.56 bits per heavy atom. The fourth-order valence-corrected chi connectivity index (χ4v) is 2.40. The Kier molecular flexibility index (Phi) is 6.34. The first kappa shape index (κ1) is 18.3. The first-order valence-corrected chi connectivity index (χ1v) is 7.88. The van der Waals surface area contributed by atoms with Gasteiger partial charge in [0.25, 0.3) is 0 Å². The Morgan fingerprint density at radius 1 is 1.12 bits per heavy atom. The van der Waals surface area contributed by atoms with Gasteiger partial charge in [0.05, 0.1) is 20.1 Å². The molecule has 0 aromatic heterocycles. The van der Waals surface area contributed by atoms with E-state index in [9.17, 15) is 9.59 Å². The van der Waals surface area contributed by atoms with E-state index in [1.165, 1.54) is 13.2 Å². The van der Waals surface area contributed by atoms with Crippen LogP contribution in [0.4, 0.5) is 0 Å². The molecule has 1 N–H and O–H groups in total. The molecule has 0 amide bonds. The number of carbonyl (C=O) groups is 2. The first-order valence-electron chi connectivity index (χ1n) is 7.88. The summed E-state index contributed by atoms with van der Waals surface area (Å²) in [6.07, 6.45) is 2.93. The van der Waals surface area contributed by atoms with E-state index >= 15 is 0 Å². The molecular weight excluding hydrogens is 320 g/mol. The molecule has 0 bridgehead atoms. The predicted octanol–water partition coefficient (Wildman–Crippen LogP) is 3.62. The van der Waals surface area contributed by atoms with E-state index in [1.54, 1.807) is 24.3 Å². The van der Waals surface area contributed by atoms with Crippen LogP contribution in [-0.4, -0.2) is 30.6 Å². The summed E-state index contributed by atoms with van der Waals surface area (Å²) < 4.78 is 10.7. The van der Waals surface area contributed by atoms with Crippen LogP contribution in [0.2, 0.25) is 0 Å². The Morgan fingerprint density at radius 2 is 1.88 bits per heavy atom. The SMILES string of the molecule is CCOc1ccccc1/C=C/C(=O)c1ccc(OC)c(CC(=O)O)c1. The Labute approximate surface area is 146 Å². The van der Waals surface area contributed by atoms with Crippen molar-refractivity contribution in [2.45, 2.75) is 13.3 Å². The number of aliphatic carboxylic acids is 1. The third-order valence-corrected chi connectivity index (χ3v) is 3.54. The zero-order valence-electron chi connectivity index (χ0n) is 14.2. The summed E-state index contributed by atoms with van der Waals surface area (Å²) in [5.41, 5.74) is 1.67. The van der Waals surface area contributed by atoms with Crippen molar-refractivity contribution in [2.24, 2.45) is 0 Å². The predicted molar refractivity (Wildman–Crippen MR) is 95.3 cm³/mol. The molecule has 0 fully saturated rings. The number of rotatable bonds is 8. The van der Waals surface area contributed by atoms with Crippen molar-refractivity contribution in [3.8, 4) is 11.5 Å². The summed E-state index contributed by atoms with van der Waals surface area (Å²) in [4.78, 5) is 23.4. The molecule has 0 aliphatic rings. The van der Waals surface area contributed by atoms with Crippen LogP contribution in [-0.2, 0) is 11.2 Å². The minimum Gasteiger partial charge on any atom is -0.496 e. The number of allylic oxidation sites excluding steroid dienone is 1. The normalized spacial score (nSPS) is 10.6. The van der Waals surface area contributed by atoms with E-state index in [1.807, 2.05) is 31.2 Å². The zero-order valence-corrected chi connectivity index (χ0v) is 14.2. The molecule has 0 saturated carbocycles. The minimum atomic E-state index is -0.982. The van der Waals surface area contributed by atoms with E-state index in [2.05, 4.69) is 0 Å². The molecule has 0 aliphatic carbocycles. The smallest absolute Gasteiger partial charge is 0.307 e. The number of hydrogen-bond acceptors (Lipinski definition) is 4. The Balaban J connectivity index is 2.25. The van der Waals surface area contributed by atoms with Crippen LogP contribution in [0.5, 0.6) is 11.5 Å². The van der Waals surface area contributed by atoms with E-state index in [-0.39, 0.29) is 12.2 Å². The van der Waals surface area contributed by atoms with Gasteiger partial charge in [0.15, 0.2) is 5.78 Å². The summed E-state index contributed by atoms with van der Waals surface area (Å²) in [5, 5.41) is 8.98. The summed E-state index contributed by atoms with van der Waals surface area (Å²) in [6, 6.07) is 12.2. The third-order valence-electron chi connectivity index (χ3n) is 3.54. The maximum absolute atomic E-state index is 12.4. The number of hydrogen-bond donors (Lipinski definition) is 1. The Bertz CT molecular complexity index is 792. The largest absolute Gasteiger partial charge is 0.496 e. The number of carbonyl (C=O) groups excluding carboxylic acids is 1. The molecule has 2 aromatic rings. The zero-order chi connectivity index (χ0) is 18.2. The van der Waals surface area contributed by atoms with Gasteiger partial charge in [0.2, 0.25) is 0 Å². The van der Waals surface area contributed by atoms with E-state index in [0.29, 0.717) is 29.2 Å². The van der Waals surface area contributed by atoms with Crippen molar-refractivity contribution in [2.75, 3.05) is 13.7 Å². The van der Waals surface area contributed by atoms with Gasteiger partial charge in [-0.3, -0.25) is 9.59 Å². The second-order valence-corrected chi connectivity index (χ2v) is 5.27. The van der Waals surface area contributed by atoms with E-state index in [0.717, 1.165) is 5.56 Å². The van der Waals surface area contributed by atoms with Gasteiger partial charge in [0.1, 0.15) is 11.5 Å². The van der Waals surface area contributed by atoms with Gasteiger partial charge in [-0.25, -0.2) is 0 Å². The maximum atomic E-state index is 12.4. The van der Waals surface area contributed by atoms with Gasteiger partial charge in [-0.15, -0.1) is 0 Å². The summed E-state index contributed by atoms with van der Waals surface area (Å²) in [5.74, 6) is -0.0513. The lowest BCUT2D eigenvalue weighted by atomic mass is 10.0. The molecule has 0 unspecified atom stereocenters. The van der Waals surface area contributed by atoms with E-state index < -0.39 is 5.97 Å². The number of para-hydroxylation sites is 1. The molecule has 0 aliphatic heterocycles. The second-order valence-electron chi connectivity index (χ2n) is 5.27. The molecule has 0 radical (unpaired) electrons. The molecule has 2 aromatic carbocycles. The molecule has 130 valence electrons. The summed E-state index contributed by atoms with van der Waals surface area (Å²) in [7, 11) is 1.47. The highest BCUT2D eigenvalue weighted by Crippen LogP contribution is 2.22. The van der Waals surface area contributed by atoms with Crippen LogP contribution in [0.3, 0.4) is 0 Å². The number of ether oxygens (including phenoxy) is 2. The van der Waals surface area contributed by atoms with Gasteiger partial charge in [0, 0.05) is 16.7 Å². The third kappa shape index (κ3) is 4.94. The lowest BCUT2D eigenvalue weighted by Crippen LogP contribution is -2.04. The number of carboxylic acid groups (broad SMARTS) is 1. The highest BCUT2D eigenvalue weighted by Gasteiger charge is 2.11. The van der Waals surface area contributed by atoms with Crippen molar-refractivity contribution >= 4 is 17.8 Å². The minimum absolute atomic E-state index is 0.207. The molecule has 2 rings (SSSR count). The van der Waals surface area contributed by atoms with Gasteiger partial charge in [-0.05, 0) is 43.3 Å². The maximum Gasteiger partial charge on any atom is 0.307 e. The average molecular weight is 340 g/mol. The van der Waals surface area contributed by atoms with Crippen molar-refractivity contribution in [1.29, 1.82) is 0 Å². The molecule has 0 heterocycles. The number of carboxylic acids is 1. The van der Waals surface area contributed by atoms with Gasteiger partial charge in [-0.2, -0.15) is 0 Å². The first-order chi connectivity index (χ1) is 12.0. The average Bonchev–Trinajstić information content (AvgIpc) is 2.60. The Hall–Kier alpha value is -3.08. The van der Waals surface area contributed by atoms with Crippen LogP contribution >= 0.6 is 0 Å². The van der Waals surface area contributed by atoms with Gasteiger partial charge >= 0.3 is 5.97 Å². The van der Waals surface area contributed by atoms with Crippen LogP contribution in [0.1, 0.15) is 28.4 Å². The van der Waals surface area contributed by atoms with Crippen LogP contribution in [0.15, 0.2) is 48.5 Å². The molecular formula is C20H20O5. The van der Waals surface area contributed by atoms with Gasteiger partial charge in [-0.1, -0.05) is 18.2 Å². The van der Waals surface area contributed by atoms with Crippen LogP contribution < -0.4 is 9.47 Å². The van der Waals surface area contributed by atoms with Crippen LogP contribution in [0.25, 0.3) is 6.08 Å².